The van der Waals surface area contributed by atoms with Crippen molar-refractivity contribution in [2.75, 3.05) is 5.32 Å². The van der Waals surface area contributed by atoms with Gasteiger partial charge < -0.3 is 21.2 Å². The zero-order valence-corrected chi connectivity index (χ0v) is 27.0. The highest BCUT2D eigenvalue weighted by atomic mass is 35.5. The van der Waals surface area contributed by atoms with Crippen LogP contribution < -0.4 is 16.4 Å². The van der Waals surface area contributed by atoms with Crippen LogP contribution in [0.2, 0.25) is 5.02 Å². The van der Waals surface area contributed by atoms with E-state index in [0.29, 0.717) is 17.1 Å². The number of amides is 3. The van der Waals surface area contributed by atoms with Crippen LogP contribution in [0.25, 0.3) is 0 Å². The Bertz CT molecular complexity index is 918. The third-order valence-electron chi connectivity index (χ3n) is 4.99. The number of aldehydes is 1. The Morgan fingerprint density at radius 1 is 1.05 bits per heavy atom. The predicted octanol–water partition coefficient (Wildman–Crippen LogP) is 6.44. The van der Waals surface area contributed by atoms with E-state index in [2.05, 4.69) is 23.3 Å². The first-order valence-corrected chi connectivity index (χ1v) is 14.4. The van der Waals surface area contributed by atoms with Crippen molar-refractivity contribution in [2.24, 2.45) is 11.7 Å². The lowest BCUT2D eigenvalue weighted by atomic mass is 10.00. The first-order chi connectivity index (χ1) is 19.5. The number of carbonyl (C=O) groups excluding carboxylic acids is 5. The van der Waals surface area contributed by atoms with Gasteiger partial charge in [-0.05, 0) is 62.3 Å². The number of terminal acetylenes is 1. The molecule has 0 fully saturated rings. The maximum absolute atomic E-state index is 12.4. The van der Waals surface area contributed by atoms with Gasteiger partial charge in [-0.15, -0.1) is 6.42 Å². The SMILES string of the molecule is C#CC(=O)/C=C\C.CC.CC=O.CCCCCCC(=O)NC(CC(=O)Nc1ccc(CC)c(Cl)c1)C(C)C.NC=O. The van der Waals surface area contributed by atoms with E-state index in [9.17, 15) is 14.4 Å². The molecule has 0 bridgehead atoms. The zero-order chi connectivity index (χ0) is 32.6. The third kappa shape index (κ3) is 29.4. The van der Waals surface area contributed by atoms with Gasteiger partial charge in [0.25, 0.3) is 0 Å². The first-order valence-electron chi connectivity index (χ1n) is 14.1. The lowest BCUT2D eigenvalue weighted by Gasteiger charge is -2.22. The largest absolute Gasteiger partial charge is 0.372 e. The Labute approximate surface area is 253 Å². The van der Waals surface area contributed by atoms with E-state index in [1.807, 2.05) is 52.7 Å². The fraction of sp³-hybridized carbons (Fsp3) is 0.531. The summed E-state index contributed by atoms with van der Waals surface area (Å²) in [5.41, 5.74) is 5.91. The first kappa shape index (κ1) is 44.6. The highest BCUT2D eigenvalue weighted by Crippen LogP contribution is 2.21. The molecule has 0 saturated carbocycles. The summed E-state index contributed by atoms with van der Waals surface area (Å²) in [6.45, 7) is 15.4. The molecule has 0 aliphatic rings. The fourth-order valence-corrected chi connectivity index (χ4v) is 3.28. The number of carbonyl (C=O) groups is 5. The molecule has 0 spiro atoms. The number of nitrogens with one attached hydrogen (secondary N) is 2. The summed E-state index contributed by atoms with van der Waals surface area (Å²) in [4.78, 5) is 52.0. The Morgan fingerprint density at radius 2 is 1.61 bits per heavy atom. The number of allylic oxidation sites excluding steroid dienone is 2. The summed E-state index contributed by atoms with van der Waals surface area (Å²) in [7, 11) is 0. The smallest absolute Gasteiger partial charge is 0.228 e. The van der Waals surface area contributed by atoms with Crippen LogP contribution in [0, 0.1) is 18.3 Å². The maximum atomic E-state index is 12.4. The highest BCUT2D eigenvalue weighted by Gasteiger charge is 2.20. The van der Waals surface area contributed by atoms with Crippen LogP contribution in [0.3, 0.4) is 0 Å². The van der Waals surface area contributed by atoms with Crippen LogP contribution in [0.4, 0.5) is 5.69 Å². The summed E-state index contributed by atoms with van der Waals surface area (Å²) < 4.78 is 0. The number of primary amides is 1. The normalized spacial score (nSPS) is 9.88. The minimum absolute atomic E-state index is 0.0305. The van der Waals surface area contributed by atoms with E-state index in [0.717, 1.165) is 44.0 Å². The molecule has 9 heteroatoms. The topological polar surface area (TPSA) is 135 Å². The molecule has 41 heavy (non-hydrogen) atoms. The van der Waals surface area contributed by atoms with E-state index in [4.69, 9.17) is 27.6 Å². The predicted molar refractivity (Wildman–Crippen MR) is 172 cm³/mol. The van der Waals surface area contributed by atoms with Crippen molar-refractivity contribution in [1.29, 1.82) is 0 Å². The molecule has 1 unspecified atom stereocenters. The molecular formula is C32H52ClN3O5. The standard InChI is InChI=1S/C21H33ClN2O2.C6H6O.C2H4O.C2H6.CH3NO/c1-5-7-8-9-10-20(25)24-19(15(3)4)14-21(26)23-17-12-11-16(6-2)18(22)13-17;1-3-5-6(7)4-2;1-2-3;1-2;2-1-3/h11-13,15,19H,5-10,14H2,1-4H3,(H,23,26)(H,24,25);2-3,5H,1H3;2H,1H3;1-2H3;1H,(H2,2,3)/b;5-3-;;;. The third-order valence-corrected chi connectivity index (χ3v) is 5.34. The molecule has 1 rings (SSSR count). The van der Waals surface area contributed by atoms with Gasteiger partial charge in [0.2, 0.25) is 24.0 Å². The van der Waals surface area contributed by atoms with Gasteiger partial charge in [0, 0.05) is 29.6 Å². The number of benzene rings is 1. The summed E-state index contributed by atoms with van der Waals surface area (Å²) in [6.07, 6.45) is 14.6. The van der Waals surface area contributed by atoms with Gasteiger partial charge in [0.05, 0.1) is 0 Å². The van der Waals surface area contributed by atoms with Crippen molar-refractivity contribution < 1.29 is 24.0 Å². The quantitative estimate of drug-likeness (QED) is 0.0842. The Kier molecular flexibility index (Phi) is 35.6. The van der Waals surface area contributed by atoms with Gasteiger partial charge in [-0.1, -0.05) is 84.5 Å². The van der Waals surface area contributed by atoms with Crippen molar-refractivity contribution >= 4 is 47.6 Å². The van der Waals surface area contributed by atoms with Gasteiger partial charge >= 0.3 is 0 Å². The van der Waals surface area contributed by atoms with Crippen molar-refractivity contribution in [1.82, 2.24) is 5.32 Å². The molecule has 8 nitrogen and oxygen atoms in total. The van der Waals surface area contributed by atoms with E-state index in [1.54, 1.807) is 19.1 Å². The second-order valence-electron chi connectivity index (χ2n) is 8.52. The summed E-state index contributed by atoms with van der Waals surface area (Å²) in [5.74, 6) is 1.77. The van der Waals surface area contributed by atoms with Crippen LogP contribution in [-0.2, 0) is 30.4 Å². The van der Waals surface area contributed by atoms with Gasteiger partial charge in [0.1, 0.15) is 6.29 Å². The van der Waals surface area contributed by atoms with Gasteiger partial charge in [-0.2, -0.15) is 0 Å². The monoisotopic (exact) mass is 593 g/mol. The molecule has 0 aliphatic heterocycles. The molecule has 3 amide bonds. The van der Waals surface area contributed by atoms with Gasteiger partial charge in [-0.25, -0.2) is 0 Å². The fourth-order valence-electron chi connectivity index (χ4n) is 2.97. The summed E-state index contributed by atoms with van der Waals surface area (Å²) in [6, 6.07) is 5.39. The lowest BCUT2D eigenvalue weighted by molar-refractivity contribution is -0.123. The molecule has 1 aromatic rings. The molecule has 0 radical (unpaired) electrons. The van der Waals surface area contributed by atoms with Crippen LogP contribution in [-0.4, -0.2) is 36.3 Å². The van der Waals surface area contributed by atoms with Gasteiger partial charge in [0.15, 0.2) is 0 Å². The van der Waals surface area contributed by atoms with Crippen LogP contribution in [0.1, 0.15) is 99.5 Å². The molecule has 0 saturated heterocycles. The summed E-state index contributed by atoms with van der Waals surface area (Å²) in [5, 5.41) is 6.55. The average molecular weight is 594 g/mol. The Hall–Kier alpha value is -3.44. The molecule has 0 aliphatic carbocycles. The van der Waals surface area contributed by atoms with Crippen LogP contribution in [0.15, 0.2) is 30.4 Å². The van der Waals surface area contributed by atoms with Gasteiger partial charge in [-0.3, -0.25) is 19.2 Å². The Balaban J connectivity index is -0.000000378. The second kappa shape index (κ2) is 32.8. The molecule has 1 atom stereocenters. The van der Waals surface area contributed by atoms with Crippen molar-refractivity contribution in [3.8, 4) is 12.3 Å². The van der Waals surface area contributed by atoms with E-state index in [1.165, 1.54) is 13.0 Å². The van der Waals surface area contributed by atoms with E-state index < -0.39 is 0 Å². The van der Waals surface area contributed by atoms with E-state index >= 15 is 0 Å². The van der Waals surface area contributed by atoms with E-state index in [-0.39, 0.29) is 42.4 Å². The van der Waals surface area contributed by atoms with Crippen LogP contribution in [0.5, 0.6) is 0 Å². The molecular weight excluding hydrogens is 542 g/mol. The number of nitrogens with two attached hydrogens (primary N) is 1. The average Bonchev–Trinajstić information content (AvgIpc) is 2.93. The molecule has 0 heterocycles. The Morgan fingerprint density at radius 3 is 2.00 bits per heavy atom. The maximum Gasteiger partial charge on any atom is 0.228 e. The summed E-state index contributed by atoms with van der Waals surface area (Å²) >= 11 is 6.20. The van der Waals surface area contributed by atoms with Crippen LogP contribution >= 0.6 is 11.6 Å². The number of ketones is 1. The number of anilines is 1. The number of hydrogen-bond donors (Lipinski definition) is 3. The number of rotatable bonds is 12. The van der Waals surface area contributed by atoms with Crippen molar-refractivity contribution in [3.05, 3.63) is 40.9 Å². The number of halogens is 1. The minimum Gasteiger partial charge on any atom is -0.372 e. The van der Waals surface area contributed by atoms with Crippen molar-refractivity contribution in [2.45, 2.75) is 106 Å². The highest BCUT2D eigenvalue weighted by molar-refractivity contribution is 6.31. The lowest BCUT2D eigenvalue weighted by Crippen LogP contribution is -2.41. The minimum atomic E-state index is -0.275. The molecule has 1 aromatic carbocycles. The molecule has 232 valence electrons. The number of unbranched alkanes of at least 4 members (excludes halogenated alkanes) is 3. The zero-order valence-electron chi connectivity index (χ0n) is 26.2. The number of aryl methyl sites for hydroxylation is 1. The second-order valence-corrected chi connectivity index (χ2v) is 8.93. The molecule has 4 N–H and O–H groups in total. The number of hydrogen-bond acceptors (Lipinski definition) is 5. The van der Waals surface area contributed by atoms with Crippen molar-refractivity contribution in [3.63, 3.8) is 0 Å². The molecule has 0 aromatic heterocycles.